The van der Waals surface area contributed by atoms with Gasteiger partial charge in [0, 0.05) is 12.0 Å². The van der Waals surface area contributed by atoms with Gasteiger partial charge in [-0.1, -0.05) is 34.6 Å². The Morgan fingerprint density at radius 2 is 1.87 bits per heavy atom. The minimum absolute atomic E-state index is 0.0562. The molecule has 0 amide bonds. The molecule has 0 saturated carbocycles. The normalized spacial score (nSPS) is 15.8. The second-order valence-electron chi connectivity index (χ2n) is 5.24. The molecule has 0 aliphatic rings. The number of hydrogen-bond acceptors (Lipinski definition) is 2. The van der Waals surface area contributed by atoms with Gasteiger partial charge in [0.25, 0.3) is 0 Å². The van der Waals surface area contributed by atoms with Gasteiger partial charge in [-0.05, 0) is 12.8 Å². The maximum absolute atomic E-state index is 5.96. The predicted molar refractivity (Wildman–Crippen MR) is 66.2 cm³/mol. The summed E-state index contributed by atoms with van der Waals surface area (Å²) in [5.74, 6) is 1.17. The van der Waals surface area contributed by atoms with E-state index in [1.165, 1.54) is 0 Å². The van der Waals surface area contributed by atoms with Gasteiger partial charge >= 0.3 is 0 Å². The van der Waals surface area contributed by atoms with Gasteiger partial charge in [-0.25, -0.2) is 0 Å². The molecule has 15 heavy (non-hydrogen) atoms. The van der Waals surface area contributed by atoms with Crippen LogP contribution in [0.15, 0.2) is 4.99 Å². The van der Waals surface area contributed by atoms with Gasteiger partial charge < -0.3 is 10.5 Å². The Bertz CT molecular complexity index is 204. The number of nitrogens with two attached hydrogens (primary N) is 1. The summed E-state index contributed by atoms with van der Waals surface area (Å²) in [5.41, 5.74) is 5.90. The molecule has 3 heteroatoms. The Kier molecular flexibility index (Phi) is 5.88. The van der Waals surface area contributed by atoms with Crippen molar-refractivity contribution in [1.82, 2.24) is 0 Å². The highest BCUT2D eigenvalue weighted by Crippen LogP contribution is 2.16. The number of ether oxygens (including phenoxy) is 1. The second-order valence-corrected chi connectivity index (χ2v) is 5.24. The van der Waals surface area contributed by atoms with Gasteiger partial charge in [0.15, 0.2) is 0 Å². The first kappa shape index (κ1) is 14.4. The van der Waals surface area contributed by atoms with Crippen molar-refractivity contribution in [3.63, 3.8) is 0 Å². The fourth-order valence-electron chi connectivity index (χ4n) is 0.990. The Morgan fingerprint density at radius 3 is 2.20 bits per heavy atom. The monoisotopic (exact) mass is 214 g/mol. The minimum atomic E-state index is -0.0562. The van der Waals surface area contributed by atoms with Crippen LogP contribution in [0.25, 0.3) is 0 Å². The topological polar surface area (TPSA) is 47.6 Å². The summed E-state index contributed by atoms with van der Waals surface area (Å²) in [4.78, 5) is 4.55. The van der Waals surface area contributed by atoms with E-state index in [9.17, 15) is 0 Å². The maximum Gasteiger partial charge on any atom is 0.0995 e. The van der Waals surface area contributed by atoms with Gasteiger partial charge in [0.05, 0.1) is 18.5 Å². The van der Waals surface area contributed by atoms with Crippen LogP contribution < -0.4 is 5.73 Å². The van der Waals surface area contributed by atoms with Gasteiger partial charge in [-0.3, -0.25) is 4.99 Å². The molecule has 0 fully saturated rings. The van der Waals surface area contributed by atoms with E-state index in [-0.39, 0.29) is 11.5 Å². The van der Waals surface area contributed by atoms with Crippen molar-refractivity contribution in [2.75, 3.05) is 13.2 Å². The summed E-state index contributed by atoms with van der Waals surface area (Å²) in [6.07, 6.45) is 0. The SMILES string of the molecule is CCOCC(N=C(N)C(C)(C)C)C(C)C. The van der Waals surface area contributed by atoms with Crippen molar-refractivity contribution in [2.45, 2.75) is 47.6 Å². The first-order chi connectivity index (χ1) is 6.79. The van der Waals surface area contributed by atoms with Crippen LogP contribution in [0.4, 0.5) is 0 Å². The molecule has 2 N–H and O–H groups in total. The molecule has 0 radical (unpaired) electrons. The predicted octanol–water partition coefficient (Wildman–Crippen LogP) is 2.45. The Hall–Kier alpha value is -0.570. The summed E-state index contributed by atoms with van der Waals surface area (Å²) in [7, 11) is 0. The highest BCUT2D eigenvalue weighted by molar-refractivity contribution is 5.85. The zero-order chi connectivity index (χ0) is 12.1. The van der Waals surface area contributed by atoms with Crippen LogP contribution in [-0.4, -0.2) is 25.1 Å². The van der Waals surface area contributed by atoms with E-state index in [2.05, 4.69) is 39.6 Å². The molecule has 3 nitrogen and oxygen atoms in total. The van der Waals surface area contributed by atoms with Crippen molar-refractivity contribution in [3.8, 4) is 0 Å². The quantitative estimate of drug-likeness (QED) is 0.564. The van der Waals surface area contributed by atoms with Crippen molar-refractivity contribution in [1.29, 1.82) is 0 Å². The highest BCUT2D eigenvalue weighted by atomic mass is 16.5. The lowest BCUT2D eigenvalue weighted by Crippen LogP contribution is -2.33. The van der Waals surface area contributed by atoms with E-state index in [4.69, 9.17) is 10.5 Å². The molecular formula is C12H26N2O. The fraction of sp³-hybridized carbons (Fsp3) is 0.917. The third-order valence-corrected chi connectivity index (χ3v) is 2.34. The lowest BCUT2D eigenvalue weighted by Gasteiger charge is -2.22. The molecule has 90 valence electrons. The van der Waals surface area contributed by atoms with Crippen molar-refractivity contribution < 1.29 is 4.74 Å². The summed E-state index contributed by atoms with van der Waals surface area (Å²) < 4.78 is 5.41. The molecule has 0 saturated heterocycles. The molecule has 0 aliphatic carbocycles. The molecule has 0 bridgehead atoms. The van der Waals surface area contributed by atoms with E-state index in [1.54, 1.807) is 0 Å². The van der Waals surface area contributed by atoms with Gasteiger partial charge in [-0.15, -0.1) is 0 Å². The molecule has 0 aromatic heterocycles. The van der Waals surface area contributed by atoms with Crippen LogP contribution in [0.3, 0.4) is 0 Å². The molecule has 0 spiro atoms. The minimum Gasteiger partial charge on any atom is -0.387 e. The molecule has 1 unspecified atom stereocenters. The van der Waals surface area contributed by atoms with Crippen LogP contribution in [0.2, 0.25) is 0 Å². The van der Waals surface area contributed by atoms with Gasteiger partial charge in [0.1, 0.15) is 0 Å². The Morgan fingerprint density at radius 1 is 1.33 bits per heavy atom. The third kappa shape index (κ3) is 5.78. The molecular weight excluding hydrogens is 188 g/mol. The van der Waals surface area contributed by atoms with Crippen molar-refractivity contribution in [3.05, 3.63) is 0 Å². The largest absolute Gasteiger partial charge is 0.387 e. The molecule has 0 aromatic rings. The van der Waals surface area contributed by atoms with Crippen LogP contribution >= 0.6 is 0 Å². The smallest absolute Gasteiger partial charge is 0.0995 e. The molecule has 0 rings (SSSR count). The van der Waals surface area contributed by atoms with E-state index >= 15 is 0 Å². The summed E-state index contributed by atoms with van der Waals surface area (Å²) in [6, 6.07) is 0.171. The highest BCUT2D eigenvalue weighted by Gasteiger charge is 2.19. The number of nitrogens with zero attached hydrogens (tertiary/aromatic N) is 1. The number of hydrogen-bond donors (Lipinski definition) is 1. The van der Waals surface area contributed by atoms with Crippen LogP contribution in [0.5, 0.6) is 0 Å². The van der Waals surface area contributed by atoms with Crippen molar-refractivity contribution >= 4 is 5.84 Å². The van der Waals surface area contributed by atoms with Gasteiger partial charge in [-0.2, -0.15) is 0 Å². The van der Waals surface area contributed by atoms with Crippen LogP contribution in [0.1, 0.15) is 41.5 Å². The zero-order valence-electron chi connectivity index (χ0n) is 11.0. The lowest BCUT2D eigenvalue weighted by molar-refractivity contribution is 0.121. The van der Waals surface area contributed by atoms with Crippen molar-refractivity contribution in [2.24, 2.45) is 22.1 Å². The zero-order valence-corrected chi connectivity index (χ0v) is 11.0. The lowest BCUT2D eigenvalue weighted by atomic mass is 9.94. The molecule has 0 aromatic carbocycles. The molecule has 1 atom stereocenters. The van der Waals surface area contributed by atoms with E-state index in [0.29, 0.717) is 18.4 Å². The third-order valence-electron chi connectivity index (χ3n) is 2.34. The standard InChI is InChI=1S/C12H26N2O/c1-7-15-8-10(9(2)3)14-11(13)12(4,5)6/h9-10H,7-8H2,1-6H3,(H2,13,14). The van der Waals surface area contributed by atoms with E-state index < -0.39 is 0 Å². The van der Waals surface area contributed by atoms with Crippen LogP contribution in [-0.2, 0) is 4.74 Å². The first-order valence-corrected chi connectivity index (χ1v) is 5.70. The van der Waals surface area contributed by atoms with E-state index in [0.717, 1.165) is 6.61 Å². The average molecular weight is 214 g/mol. The maximum atomic E-state index is 5.96. The first-order valence-electron chi connectivity index (χ1n) is 5.70. The number of rotatable bonds is 5. The average Bonchev–Trinajstić information content (AvgIpc) is 2.09. The summed E-state index contributed by atoms with van der Waals surface area (Å²) >= 11 is 0. The number of aliphatic imine (C=N–C) groups is 1. The summed E-state index contributed by atoms with van der Waals surface area (Å²) in [6.45, 7) is 13.9. The molecule has 0 aliphatic heterocycles. The number of amidine groups is 1. The van der Waals surface area contributed by atoms with E-state index in [1.807, 2.05) is 6.92 Å². The van der Waals surface area contributed by atoms with Crippen LogP contribution in [0, 0.1) is 11.3 Å². The summed E-state index contributed by atoms with van der Waals surface area (Å²) in [5, 5.41) is 0. The Labute approximate surface area is 94.1 Å². The Balaban J connectivity index is 4.51. The fourth-order valence-corrected chi connectivity index (χ4v) is 0.990. The molecule has 0 heterocycles. The second kappa shape index (κ2) is 6.11. The van der Waals surface area contributed by atoms with Gasteiger partial charge in [0.2, 0.25) is 0 Å².